The third kappa shape index (κ3) is 3.85. The van der Waals surface area contributed by atoms with Crippen LogP contribution >= 0.6 is 0 Å². The highest BCUT2D eigenvalue weighted by Gasteiger charge is 2.52. The van der Waals surface area contributed by atoms with Gasteiger partial charge in [0.1, 0.15) is 5.75 Å². The monoisotopic (exact) mass is 347 g/mol. The van der Waals surface area contributed by atoms with Crippen LogP contribution in [-0.4, -0.2) is 48.2 Å². The van der Waals surface area contributed by atoms with Gasteiger partial charge in [-0.05, 0) is 30.5 Å². The van der Waals surface area contributed by atoms with Crippen molar-refractivity contribution in [3.8, 4) is 5.75 Å². The molecule has 25 heavy (non-hydrogen) atoms. The molecule has 2 aliphatic rings. The zero-order valence-electron chi connectivity index (χ0n) is 14.6. The minimum Gasteiger partial charge on any atom is -0.497 e. The first-order valence-electron chi connectivity index (χ1n) is 8.78. The largest absolute Gasteiger partial charge is 0.497 e. The number of aliphatic hydroxyl groups is 1. The predicted octanol–water partition coefficient (Wildman–Crippen LogP) is 1.89. The Kier molecular flexibility index (Phi) is 5.39. The third-order valence-electron chi connectivity index (χ3n) is 5.18. The number of amides is 2. The fraction of sp³-hybridized carbons (Fsp3) is 0.579. The molecule has 1 saturated carbocycles. The summed E-state index contributed by atoms with van der Waals surface area (Å²) in [6, 6.07) is 7.47. The molecule has 6 heteroatoms. The summed E-state index contributed by atoms with van der Waals surface area (Å²) in [6.45, 7) is 0.449. The molecule has 0 bridgehead atoms. The lowest BCUT2D eigenvalue weighted by Gasteiger charge is -2.22. The molecule has 2 amide bonds. The number of imide groups is 1. The Morgan fingerprint density at radius 3 is 2.52 bits per heavy atom. The van der Waals surface area contributed by atoms with E-state index in [-0.39, 0.29) is 25.0 Å². The van der Waals surface area contributed by atoms with E-state index in [1.165, 1.54) is 4.90 Å². The second-order valence-corrected chi connectivity index (χ2v) is 6.99. The molecule has 0 unspecified atom stereocenters. The molecule has 0 radical (unpaired) electrons. The number of benzene rings is 1. The molecule has 1 aliphatic heterocycles. The Morgan fingerprint density at radius 1 is 1.20 bits per heavy atom. The van der Waals surface area contributed by atoms with Gasteiger partial charge in [0.2, 0.25) is 11.8 Å². The van der Waals surface area contributed by atoms with Crippen LogP contribution in [0.1, 0.15) is 37.7 Å². The van der Waals surface area contributed by atoms with Crippen LogP contribution in [0.25, 0.3) is 0 Å². The summed E-state index contributed by atoms with van der Waals surface area (Å²) in [6.07, 6.45) is 3.00. The van der Waals surface area contributed by atoms with E-state index in [1.807, 2.05) is 24.3 Å². The van der Waals surface area contributed by atoms with Gasteiger partial charge in [-0.25, -0.2) is 0 Å². The van der Waals surface area contributed by atoms with Crippen LogP contribution in [0, 0.1) is 5.41 Å². The average molecular weight is 347 g/mol. The van der Waals surface area contributed by atoms with Crippen LogP contribution in [0.4, 0.5) is 0 Å². The Labute approximate surface area is 147 Å². The summed E-state index contributed by atoms with van der Waals surface area (Å²) in [5.74, 6) is 0.501. The maximum absolute atomic E-state index is 12.6. The Hall–Kier alpha value is -1.92. The first-order valence-corrected chi connectivity index (χ1v) is 8.78. The number of likely N-dealkylation sites (tertiary alicyclic amines) is 1. The number of β-amino-alcohol motifs (C(OH)–C–C–N with tert-alkyl or cyclic N) is 1. The van der Waals surface area contributed by atoms with Crippen LogP contribution in [0.15, 0.2) is 24.3 Å². The van der Waals surface area contributed by atoms with Crippen molar-refractivity contribution in [2.45, 2.75) is 44.8 Å². The third-order valence-corrected chi connectivity index (χ3v) is 5.18. The molecule has 2 fully saturated rings. The topological polar surface area (TPSA) is 76.1 Å². The number of rotatable bonds is 7. The Balaban J connectivity index is 1.46. The van der Waals surface area contributed by atoms with E-state index < -0.39 is 11.5 Å². The summed E-state index contributed by atoms with van der Waals surface area (Å²) in [5, 5.41) is 10.1. The second kappa shape index (κ2) is 7.54. The molecule has 1 saturated heterocycles. The van der Waals surface area contributed by atoms with E-state index in [1.54, 1.807) is 7.11 Å². The minimum atomic E-state index is -0.872. The van der Waals surface area contributed by atoms with Gasteiger partial charge in [0.15, 0.2) is 0 Å². The highest BCUT2D eigenvalue weighted by Crippen LogP contribution is 2.46. The van der Waals surface area contributed by atoms with Crippen molar-refractivity contribution in [2.75, 3.05) is 20.3 Å². The quantitative estimate of drug-likeness (QED) is 0.762. The van der Waals surface area contributed by atoms with Crippen LogP contribution in [0.2, 0.25) is 0 Å². The van der Waals surface area contributed by atoms with Gasteiger partial charge in [-0.3, -0.25) is 14.5 Å². The molecule has 0 aromatic heterocycles. The summed E-state index contributed by atoms with van der Waals surface area (Å²) >= 11 is 0. The van der Waals surface area contributed by atoms with E-state index in [4.69, 9.17) is 9.47 Å². The smallest absolute Gasteiger partial charge is 0.235 e. The van der Waals surface area contributed by atoms with Crippen molar-refractivity contribution in [3.63, 3.8) is 0 Å². The Bertz CT molecular complexity index is 621. The molecule has 3 rings (SSSR count). The minimum absolute atomic E-state index is 0.0159. The van der Waals surface area contributed by atoms with Gasteiger partial charge in [-0.15, -0.1) is 0 Å². The van der Waals surface area contributed by atoms with Gasteiger partial charge < -0.3 is 14.6 Å². The number of hydrogen-bond donors (Lipinski definition) is 1. The molecule has 1 N–H and O–H groups in total. The highest BCUT2D eigenvalue weighted by atomic mass is 16.5. The van der Waals surface area contributed by atoms with Crippen LogP contribution in [-0.2, 0) is 20.9 Å². The van der Waals surface area contributed by atoms with E-state index in [9.17, 15) is 14.7 Å². The van der Waals surface area contributed by atoms with Crippen molar-refractivity contribution in [1.82, 2.24) is 4.90 Å². The number of carbonyl (C=O) groups excluding carboxylic acids is 2. The van der Waals surface area contributed by atoms with Crippen LogP contribution in [0.5, 0.6) is 5.75 Å². The average Bonchev–Trinajstić information content (AvgIpc) is 3.17. The molecule has 1 aliphatic carbocycles. The molecule has 1 aromatic carbocycles. The molecule has 136 valence electrons. The first-order chi connectivity index (χ1) is 12.0. The molecule has 1 atom stereocenters. The first kappa shape index (κ1) is 17.9. The zero-order chi connectivity index (χ0) is 17.9. The summed E-state index contributed by atoms with van der Waals surface area (Å²) in [7, 11) is 1.61. The van der Waals surface area contributed by atoms with Gasteiger partial charge in [0, 0.05) is 6.42 Å². The zero-order valence-corrected chi connectivity index (χ0v) is 14.6. The molecular weight excluding hydrogens is 322 g/mol. The van der Waals surface area contributed by atoms with E-state index in [0.29, 0.717) is 13.0 Å². The van der Waals surface area contributed by atoms with E-state index in [2.05, 4.69) is 0 Å². The molecular formula is C19H25NO5. The van der Waals surface area contributed by atoms with Crippen LogP contribution in [0.3, 0.4) is 0 Å². The number of aliphatic hydroxyl groups excluding tert-OH is 1. The van der Waals surface area contributed by atoms with Crippen molar-refractivity contribution >= 4 is 11.8 Å². The van der Waals surface area contributed by atoms with Crippen molar-refractivity contribution in [2.24, 2.45) is 5.41 Å². The van der Waals surface area contributed by atoms with Gasteiger partial charge in [0.05, 0.1) is 38.4 Å². The van der Waals surface area contributed by atoms with Crippen molar-refractivity contribution in [1.29, 1.82) is 0 Å². The van der Waals surface area contributed by atoms with E-state index >= 15 is 0 Å². The number of hydrogen-bond acceptors (Lipinski definition) is 5. The standard InChI is InChI=1S/C19H25NO5/c1-24-16-6-4-14(5-7-16)12-25-13-15(21)11-20-17(22)10-19(18(20)23)8-2-3-9-19/h4-7,15,21H,2-3,8-13H2,1H3/t15-/m1/s1. The lowest BCUT2D eigenvalue weighted by molar-refractivity contribution is -0.143. The van der Waals surface area contributed by atoms with Gasteiger partial charge >= 0.3 is 0 Å². The summed E-state index contributed by atoms with van der Waals surface area (Å²) in [5.41, 5.74) is 0.479. The second-order valence-electron chi connectivity index (χ2n) is 6.99. The van der Waals surface area contributed by atoms with Gasteiger partial charge in [-0.2, -0.15) is 0 Å². The lowest BCUT2D eigenvalue weighted by Crippen LogP contribution is -2.40. The fourth-order valence-electron chi connectivity index (χ4n) is 3.79. The predicted molar refractivity (Wildman–Crippen MR) is 90.9 cm³/mol. The fourth-order valence-corrected chi connectivity index (χ4v) is 3.79. The summed E-state index contributed by atoms with van der Waals surface area (Å²) in [4.78, 5) is 26.0. The highest BCUT2D eigenvalue weighted by molar-refractivity contribution is 6.06. The molecule has 1 heterocycles. The summed E-state index contributed by atoms with van der Waals surface area (Å²) < 4.78 is 10.6. The Morgan fingerprint density at radius 2 is 1.88 bits per heavy atom. The maximum Gasteiger partial charge on any atom is 0.235 e. The molecule has 1 aromatic rings. The molecule has 6 nitrogen and oxygen atoms in total. The van der Waals surface area contributed by atoms with Crippen molar-refractivity contribution in [3.05, 3.63) is 29.8 Å². The number of nitrogens with zero attached hydrogens (tertiary/aromatic N) is 1. The van der Waals surface area contributed by atoms with Crippen molar-refractivity contribution < 1.29 is 24.2 Å². The number of ether oxygens (including phenoxy) is 2. The van der Waals surface area contributed by atoms with Crippen LogP contribution < -0.4 is 4.74 Å². The maximum atomic E-state index is 12.6. The number of carbonyl (C=O) groups is 2. The lowest BCUT2D eigenvalue weighted by atomic mass is 9.84. The van der Waals surface area contributed by atoms with Gasteiger partial charge in [-0.1, -0.05) is 25.0 Å². The number of methoxy groups -OCH3 is 1. The van der Waals surface area contributed by atoms with Gasteiger partial charge in [0.25, 0.3) is 0 Å². The SMILES string of the molecule is COc1ccc(COC[C@H](O)CN2C(=O)CC3(CCCC3)C2=O)cc1. The van der Waals surface area contributed by atoms with E-state index in [0.717, 1.165) is 37.0 Å². The molecule has 1 spiro atoms. The normalized spacial score (nSPS) is 20.5.